The highest BCUT2D eigenvalue weighted by Crippen LogP contribution is 2.38. The molecule has 1 amide bonds. The van der Waals surface area contributed by atoms with Crippen LogP contribution in [0.5, 0.6) is 0 Å². The van der Waals surface area contributed by atoms with Crippen molar-refractivity contribution in [1.82, 2.24) is 10.3 Å². The number of aliphatic hydroxyl groups excluding tert-OH is 3. The summed E-state index contributed by atoms with van der Waals surface area (Å²) in [6.07, 6.45) is 0.772. The van der Waals surface area contributed by atoms with Crippen molar-refractivity contribution in [2.45, 2.75) is 74.0 Å². The number of hydrogen-bond donors (Lipinski definition) is 4. The third-order valence-electron chi connectivity index (χ3n) is 6.87. The zero-order valence-electron chi connectivity index (χ0n) is 22.0. The van der Waals surface area contributed by atoms with Gasteiger partial charge in [0.2, 0.25) is 5.91 Å². The lowest BCUT2D eigenvalue weighted by Crippen LogP contribution is -2.50. The van der Waals surface area contributed by atoms with Crippen molar-refractivity contribution in [2.75, 3.05) is 6.61 Å². The molecule has 14 heteroatoms. The molecule has 1 aromatic rings. The van der Waals surface area contributed by atoms with E-state index in [9.17, 15) is 24.9 Å². The van der Waals surface area contributed by atoms with Gasteiger partial charge >= 0.3 is 5.97 Å². The number of halogens is 4. The molecule has 222 valence electrons. The highest BCUT2D eigenvalue weighted by molar-refractivity contribution is 6.75. The van der Waals surface area contributed by atoms with E-state index < -0.39 is 40.1 Å². The Morgan fingerprint density at radius 1 is 1.23 bits per heavy atom. The minimum atomic E-state index is -2.35. The highest BCUT2D eigenvalue weighted by atomic mass is 35.6. The summed E-state index contributed by atoms with van der Waals surface area (Å²) in [5, 5.41) is 33.8. The van der Waals surface area contributed by atoms with Crippen molar-refractivity contribution in [3.05, 3.63) is 46.9 Å². The van der Waals surface area contributed by atoms with Gasteiger partial charge in [-0.25, -0.2) is 9.78 Å². The molecule has 0 unspecified atom stereocenters. The van der Waals surface area contributed by atoms with Crippen LogP contribution in [0.2, 0.25) is 5.15 Å². The van der Waals surface area contributed by atoms with Crippen LogP contribution >= 0.6 is 46.4 Å². The van der Waals surface area contributed by atoms with Crippen LogP contribution in [-0.4, -0.2) is 79.2 Å². The van der Waals surface area contributed by atoms with Crippen LogP contribution < -0.4 is 5.32 Å². The Balaban J connectivity index is 1.57. The van der Waals surface area contributed by atoms with Crippen molar-refractivity contribution < 1.29 is 39.1 Å². The molecule has 0 aliphatic carbocycles. The van der Waals surface area contributed by atoms with E-state index in [1.165, 1.54) is 24.4 Å². The summed E-state index contributed by atoms with van der Waals surface area (Å²) < 4.78 is 14.2. The number of aromatic nitrogens is 1. The third kappa shape index (κ3) is 9.27. The molecule has 40 heavy (non-hydrogen) atoms. The number of esters is 1. The molecule has 3 heterocycles. The fourth-order valence-electron chi connectivity index (χ4n) is 4.34. The van der Waals surface area contributed by atoms with Gasteiger partial charge in [-0.15, -0.1) is 0 Å². The fourth-order valence-corrected chi connectivity index (χ4v) is 4.57. The Bertz CT molecular complexity index is 1110. The summed E-state index contributed by atoms with van der Waals surface area (Å²) >= 11 is 22.6. The van der Waals surface area contributed by atoms with E-state index >= 15 is 0 Å². The van der Waals surface area contributed by atoms with Crippen LogP contribution in [0, 0.1) is 11.8 Å². The first-order valence-corrected chi connectivity index (χ1v) is 14.1. The molecule has 2 aliphatic rings. The van der Waals surface area contributed by atoms with Crippen LogP contribution in [0.3, 0.4) is 0 Å². The maximum atomic E-state index is 12.6. The first-order chi connectivity index (χ1) is 18.7. The average molecular weight is 642 g/mol. The van der Waals surface area contributed by atoms with Crippen molar-refractivity contribution in [2.24, 2.45) is 11.8 Å². The number of pyridine rings is 1. The average Bonchev–Trinajstić information content (AvgIpc) is 3.64. The van der Waals surface area contributed by atoms with Crippen LogP contribution in [-0.2, 0) is 23.8 Å². The molecule has 0 saturated carbocycles. The van der Waals surface area contributed by atoms with Gasteiger partial charge < -0.3 is 34.8 Å². The molecule has 8 atom stereocenters. The first-order valence-electron chi connectivity index (χ1n) is 12.6. The Hall–Kier alpha value is -1.47. The number of carbonyl (C=O) groups is 2. The smallest absolute Gasteiger partial charge is 0.364 e. The van der Waals surface area contributed by atoms with Crippen molar-refractivity contribution in [3.8, 4) is 0 Å². The number of amides is 1. The second kappa shape index (κ2) is 14.1. The maximum Gasteiger partial charge on any atom is 0.364 e. The molecule has 10 nitrogen and oxygen atoms in total. The summed E-state index contributed by atoms with van der Waals surface area (Å²) in [5.74, 6) is -2.27. The predicted octanol–water partition coefficient (Wildman–Crippen LogP) is 3.31. The summed E-state index contributed by atoms with van der Waals surface area (Å²) in [6.45, 7) is 5.50. The van der Waals surface area contributed by atoms with E-state index in [4.69, 9.17) is 60.6 Å². The molecule has 0 spiro atoms. The van der Waals surface area contributed by atoms with Gasteiger partial charge in [0, 0.05) is 35.9 Å². The monoisotopic (exact) mass is 640 g/mol. The zero-order valence-corrected chi connectivity index (χ0v) is 25.0. The Kier molecular flexibility index (Phi) is 11.7. The number of hydrogen-bond acceptors (Lipinski definition) is 9. The van der Waals surface area contributed by atoms with Crippen LogP contribution in [0.1, 0.15) is 39.2 Å². The molecule has 4 N–H and O–H groups in total. The van der Waals surface area contributed by atoms with Crippen molar-refractivity contribution >= 4 is 64.0 Å². The molecular formula is C26H32Cl4N2O8. The lowest BCUT2D eigenvalue weighted by atomic mass is 9.85. The van der Waals surface area contributed by atoms with Gasteiger partial charge in [-0.2, -0.15) is 0 Å². The van der Waals surface area contributed by atoms with Crippen LogP contribution in [0.4, 0.5) is 0 Å². The number of ether oxygens (including phenoxy) is 3. The lowest BCUT2D eigenvalue weighted by molar-refractivity contribution is -0.165. The summed E-state index contributed by atoms with van der Waals surface area (Å²) in [6, 6.07) is 2.93. The molecule has 0 radical (unpaired) electrons. The summed E-state index contributed by atoms with van der Waals surface area (Å²) in [5.41, 5.74) is 0.837. The van der Waals surface area contributed by atoms with Gasteiger partial charge in [0.1, 0.15) is 11.3 Å². The van der Waals surface area contributed by atoms with Gasteiger partial charge in [0.25, 0.3) is 3.79 Å². The topological polar surface area (TPSA) is 151 Å². The Morgan fingerprint density at radius 2 is 1.93 bits per heavy atom. The van der Waals surface area contributed by atoms with Crippen molar-refractivity contribution in [3.63, 3.8) is 0 Å². The van der Waals surface area contributed by atoms with Gasteiger partial charge in [0.05, 0.1) is 37.1 Å². The number of aliphatic hydroxyl groups is 3. The fraction of sp³-hybridized carbons (Fsp3) is 0.577. The SMILES string of the molecule is C/C(=C\C(=O)N/C=C(/OC(=O)C(Cl)(Cl)Cl)c1ccc(Cl)nc1)C[C@@H]1OC[C@H](C[C@@H]2O[C@H]2[C@@H](C)[C@H](C)O)[C@@H](O)[C@H]1O. The van der Waals surface area contributed by atoms with E-state index in [0.29, 0.717) is 12.0 Å². The predicted molar refractivity (Wildman–Crippen MR) is 149 cm³/mol. The molecule has 1 aromatic heterocycles. The molecule has 3 rings (SSSR count). The largest absolute Gasteiger partial charge is 0.421 e. The zero-order chi connectivity index (χ0) is 29.8. The summed E-state index contributed by atoms with van der Waals surface area (Å²) in [7, 11) is 0. The maximum absolute atomic E-state index is 12.6. The standard InChI is InChI=1S/C26H32Cl4N2O8/c1-12(6-17-23(36)22(35)16(11-38-17)8-18-24(39-18)13(2)14(3)33)7-21(34)32-10-19(40-25(37)26(28,29)30)15-4-5-20(27)31-9-15/h4-5,7,9-10,13-14,16-18,22-24,33,35-36H,6,8,11H2,1-3H3,(H,32,34)/b12-7+,19-10+/t13-,14-,16-,17-,18-,22+,23-,24-/m0/s1. The molecular weight excluding hydrogens is 610 g/mol. The quantitative estimate of drug-likeness (QED) is 0.0753. The van der Waals surface area contributed by atoms with Gasteiger partial charge in [-0.05, 0) is 38.8 Å². The molecule has 0 bridgehead atoms. The number of rotatable bonds is 10. The van der Waals surface area contributed by atoms with Crippen LogP contribution in [0.15, 0.2) is 36.2 Å². The van der Waals surface area contributed by atoms with Gasteiger partial charge in [0.15, 0.2) is 5.76 Å². The minimum Gasteiger partial charge on any atom is -0.421 e. The van der Waals surface area contributed by atoms with E-state index in [1.807, 2.05) is 6.92 Å². The second-order valence-electron chi connectivity index (χ2n) is 10.1. The van der Waals surface area contributed by atoms with Gasteiger partial charge in [-0.1, -0.05) is 58.9 Å². The number of nitrogens with zero attached hydrogens (tertiary/aromatic N) is 1. The lowest BCUT2D eigenvalue weighted by Gasteiger charge is -2.38. The Morgan fingerprint density at radius 3 is 2.52 bits per heavy atom. The van der Waals surface area contributed by atoms with E-state index in [0.717, 1.165) is 6.20 Å². The van der Waals surface area contributed by atoms with E-state index in [2.05, 4.69) is 10.3 Å². The number of nitrogens with one attached hydrogen (secondary N) is 1. The van der Waals surface area contributed by atoms with Crippen LogP contribution in [0.25, 0.3) is 5.76 Å². The number of carbonyl (C=O) groups excluding carboxylic acids is 2. The molecule has 0 aromatic carbocycles. The minimum absolute atomic E-state index is 0.0290. The van der Waals surface area contributed by atoms with Crippen molar-refractivity contribution in [1.29, 1.82) is 0 Å². The second-order valence-corrected chi connectivity index (χ2v) is 12.7. The van der Waals surface area contributed by atoms with Gasteiger partial charge in [-0.3, -0.25) is 4.79 Å². The first kappa shape index (κ1) is 33.0. The normalized spacial score (nSPS) is 28.9. The van der Waals surface area contributed by atoms with E-state index in [1.54, 1.807) is 13.8 Å². The number of alkyl halides is 3. The highest BCUT2D eigenvalue weighted by Gasteiger charge is 2.48. The third-order valence-corrected chi connectivity index (χ3v) is 7.55. The molecule has 2 fully saturated rings. The molecule has 2 saturated heterocycles. The molecule has 2 aliphatic heterocycles. The number of epoxide rings is 1. The summed E-state index contributed by atoms with van der Waals surface area (Å²) in [4.78, 5) is 28.5. The Labute approximate surface area is 252 Å². The van der Waals surface area contributed by atoms with E-state index in [-0.39, 0.29) is 53.5 Å².